The van der Waals surface area contributed by atoms with Gasteiger partial charge in [0.1, 0.15) is 11.1 Å². The van der Waals surface area contributed by atoms with Gasteiger partial charge in [-0.15, -0.1) is 11.3 Å². The van der Waals surface area contributed by atoms with Gasteiger partial charge >= 0.3 is 5.97 Å². The van der Waals surface area contributed by atoms with Crippen LogP contribution in [0.2, 0.25) is 0 Å². The van der Waals surface area contributed by atoms with Gasteiger partial charge in [0.05, 0.1) is 5.56 Å². The van der Waals surface area contributed by atoms with E-state index in [1.165, 1.54) is 35.5 Å². The van der Waals surface area contributed by atoms with E-state index in [1.54, 1.807) is 0 Å². The van der Waals surface area contributed by atoms with E-state index in [0.29, 0.717) is 28.8 Å². The molecule has 6 heteroatoms. The van der Waals surface area contributed by atoms with Crippen molar-refractivity contribution in [3.63, 3.8) is 0 Å². The van der Waals surface area contributed by atoms with Crippen LogP contribution in [0.15, 0.2) is 0 Å². The van der Waals surface area contributed by atoms with E-state index >= 15 is 0 Å². The van der Waals surface area contributed by atoms with Crippen LogP contribution in [0.25, 0.3) is 0 Å². The largest absolute Gasteiger partial charge is 0.456 e. The molecule has 0 aromatic carbocycles. The number of esters is 1. The molecule has 1 heterocycles. The molecule has 0 aliphatic heterocycles. The minimum absolute atomic E-state index is 0.271. The van der Waals surface area contributed by atoms with Crippen molar-refractivity contribution in [1.29, 1.82) is 5.26 Å². The Kier molecular flexibility index (Phi) is 4.51. The lowest BCUT2D eigenvalue weighted by atomic mass is 9.86. The number of nitrogens with one attached hydrogen (secondary N) is 1. The number of carbonyl (C=O) groups is 2. The second-order valence-electron chi connectivity index (χ2n) is 7.52. The van der Waals surface area contributed by atoms with Crippen LogP contribution in [0.1, 0.15) is 54.5 Å². The number of nitriles is 1. The van der Waals surface area contributed by atoms with Gasteiger partial charge in [0.25, 0.3) is 5.91 Å². The van der Waals surface area contributed by atoms with Gasteiger partial charge in [-0.3, -0.25) is 9.59 Å². The Hall–Kier alpha value is -1.87. The van der Waals surface area contributed by atoms with Gasteiger partial charge in [-0.05, 0) is 61.8 Å². The molecule has 25 heavy (non-hydrogen) atoms. The third-order valence-electron chi connectivity index (χ3n) is 5.96. The Morgan fingerprint density at radius 2 is 2.16 bits per heavy atom. The highest BCUT2D eigenvalue weighted by Crippen LogP contribution is 2.49. The molecule has 3 aliphatic rings. The molecule has 2 fully saturated rings. The van der Waals surface area contributed by atoms with Gasteiger partial charge in [0, 0.05) is 11.3 Å². The van der Waals surface area contributed by atoms with Crippen molar-refractivity contribution in [1.82, 2.24) is 0 Å². The van der Waals surface area contributed by atoms with Gasteiger partial charge in [-0.2, -0.15) is 5.26 Å². The molecule has 2 bridgehead atoms. The molecule has 3 aliphatic carbocycles. The number of rotatable bonds is 5. The summed E-state index contributed by atoms with van der Waals surface area (Å²) in [5.74, 6) is 1.29. The molecule has 1 aromatic heterocycles. The molecule has 2 saturated carbocycles. The normalized spacial score (nSPS) is 26.3. The van der Waals surface area contributed by atoms with E-state index in [-0.39, 0.29) is 18.5 Å². The third kappa shape index (κ3) is 3.30. The van der Waals surface area contributed by atoms with Crippen molar-refractivity contribution < 1.29 is 14.3 Å². The van der Waals surface area contributed by atoms with E-state index in [9.17, 15) is 14.9 Å². The van der Waals surface area contributed by atoms with Crippen LogP contribution < -0.4 is 5.32 Å². The predicted molar refractivity (Wildman–Crippen MR) is 94.2 cm³/mol. The molecular formula is C19H22N2O3S. The highest BCUT2D eigenvalue weighted by atomic mass is 32.1. The standard InChI is InChI=1S/C19H22N2O3S/c20-9-15-14-2-1-3-16(14)25-19(15)21-17(22)10-24-18(23)8-13-7-11-4-5-12(13)6-11/h11-13H,1-8,10H2,(H,21,22)/t11-,12-,13+/m1/s1. The van der Waals surface area contributed by atoms with Gasteiger partial charge in [-0.1, -0.05) is 6.42 Å². The number of carbonyl (C=O) groups excluding carboxylic acids is 2. The second-order valence-corrected chi connectivity index (χ2v) is 8.63. The summed E-state index contributed by atoms with van der Waals surface area (Å²) < 4.78 is 5.17. The van der Waals surface area contributed by atoms with Crippen LogP contribution in [-0.2, 0) is 27.2 Å². The lowest BCUT2D eigenvalue weighted by Gasteiger charge is -2.20. The average Bonchev–Trinajstić information content (AvgIpc) is 3.33. The zero-order valence-corrected chi connectivity index (χ0v) is 15.0. The first-order valence-corrected chi connectivity index (χ1v) is 9.95. The number of thiophene rings is 1. The summed E-state index contributed by atoms with van der Waals surface area (Å²) in [5, 5.41) is 12.7. The maximum absolute atomic E-state index is 12.1. The molecule has 4 rings (SSSR count). The Morgan fingerprint density at radius 1 is 1.28 bits per heavy atom. The molecule has 5 nitrogen and oxygen atoms in total. The highest BCUT2D eigenvalue weighted by Gasteiger charge is 2.40. The number of ether oxygens (including phenoxy) is 1. The molecule has 0 saturated heterocycles. The minimum Gasteiger partial charge on any atom is -0.456 e. The quantitative estimate of drug-likeness (QED) is 0.818. The first-order chi connectivity index (χ1) is 12.1. The van der Waals surface area contributed by atoms with Crippen LogP contribution in [-0.4, -0.2) is 18.5 Å². The van der Waals surface area contributed by atoms with Gasteiger partial charge in [0.2, 0.25) is 0 Å². The number of amides is 1. The van der Waals surface area contributed by atoms with Crippen LogP contribution >= 0.6 is 11.3 Å². The molecule has 132 valence electrons. The summed E-state index contributed by atoms with van der Waals surface area (Å²) in [7, 11) is 0. The smallest absolute Gasteiger partial charge is 0.306 e. The number of hydrogen-bond donors (Lipinski definition) is 1. The molecule has 1 N–H and O–H groups in total. The number of aryl methyl sites for hydroxylation is 1. The Bertz CT molecular complexity index is 749. The zero-order valence-electron chi connectivity index (χ0n) is 14.2. The van der Waals surface area contributed by atoms with Crippen molar-refractivity contribution in [2.24, 2.45) is 17.8 Å². The third-order valence-corrected chi connectivity index (χ3v) is 7.17. The van der Waals surface area contributed by atoms with Crippen molar-refractivity contribution in [2.45, 2.75) is 51.4 Å². The second kappa shape index (κ2) is 6.80. The average molecular weight is 358 g/mol. The number of anilines is 1. The Labute approximate surface area is 151 Å². The number of nitrogens with zero attached hydrogens (tertiary/aromatic N) is 1. The predicted octanol–water partition coefficient (Wildman–Crippen LogP) is 3.42. The van der Waals surface area contributed by atoms with Crippen LogP contribution in [0.3, 0.4) is 0 Å². The van der Waals surface area contributed by atoms with Gasteiger partial charge < -0.3 is 10.1 Å². The molecule has 0 spiro atoms. The number of hydrogen-bond acceptors (Lipinski definition) is 5. The zero-order chi connectivity index (χ0) is 17.4. The molecule has 1 amide bonds. The minimum atomic E-state index is -0.363. The summed E-state index contributed by atoms with van der Waals surface area (Å²) in [6.45, 7) is -0.271. The van der Waals surface area contributed by atoms with E-state index in [4.69, 9.17) is 4.74 Å². The van der Waals surface area contributed by atoms with Crippen LogP contribution in [0.5, 0.6) is 0 Å². The molecule has 3 atom stereocenters. The van der Waals surface area contributed by atoms with Gasteiger partial charge in [-0.25, -0.2) is 0 Å². The maximum Gasteiger partial charge on any atom is 0.306 e. The number of fused-ring (bicyclic) bond motifs is 3. The summed E-state index contributed by atoms with van der Waals surface area (Å²) in [4.78, 5) is 25.3. The van der Waals surface area contributed by atoms with Gasteiger partial charge in [0.15, 0.2) is 6.61 Å². The molecule has 1 aromatic rings. The van der Waals surface area contributed by atoms with E-state index in [1.807, 2.05) is 0 Å². The van der Waals surface area contributed by atoms with Crippen LogP contribution in [0, 0.1) is 29.1 Å². The lowest BCUT2D eigenvalue weighted by molar-refractivity contribution is -0.148. The molecular weight excluding hydrogens is 336 g/mol. The fraction of sp³-hybridized carbons (Fsp3) is 0.632. The summed E-state index contributed by atoms with van der Waals surface area (Å²) >= 11 is 1.48. The van der Waals surface area contributed by atoms with Crippen molar-refractivity contribution in [2.75, 3.05) is 11.9 Å². The Morgan fingerprint density at radius 3 is 2.88 bits per heavy atom. The molecule has 0 unspecified atom stereocenters. The maximum atomic E-state index is 12.1. The van der Waals surface area contributed by atoms with E-state index in [2.05, 4.69) is 11.4 Å². The van der Waals surface area contributed by atoms with Crippen molar-refractivity contribution in [3.8, 4) is 6.07 Å². The van der Waals surface area contributed by atoms with E-state index < -0.39 is 0 Å². The summed E-state index contributed by atoms with van der Waals surface area (Å²) in [6, 6.07) is 2.20. The summed E-state index contributed by atoms with van der Waals surface area (Å²) in [5.41, 5.74) is 1.66. The fourth-order valence-corrected chi connectivity index (χ4v) is 6.07. The first-order valence-electron chi connectivity index (χ1n) is 9.14. The molecule has 0 radical (unpaired) electrons. The van der Waals surface area contributed by atoms with Crippen molar-refractivity contribution >= 4 is 28.2 Å². The summed E-state index contributed by atoms with van der Waals surface area (Å²) in [6.07, 6.45) is 8.34. The fourth-order valence-electron chi connectivity index (χ4n) is 4.82. The highest BCUT2D eigenvalue weighted by molar-refractivity contribution is 7.16. The lowest BCUT2D eigenvalue weighted by Crippen LogP contribution is -2.23. The topological polar surface area (TPSA) is 79.2 Å². The monoisotopic (exact) mass is 358 g/mol. The van der Waals surface area contributed by atoms with E-state index in [0.717, 1.165) is 37.2 Å². The van der Waals surface area contributed by atoms with Crippen molar-refractivity contribution in [3.05, 3.63) is 16.0 Å². The first kappa shape index (κ1) is 16.6. The Balaban J connectivity index is 1.27. The van der Waals surface area contributed by atoms with Crippen LogP contribution in [0.4, 0.5) is 5.00 Å². The SMILES string of the molecule is N#Cc1c(NC(=O)COC(=O)C[C@@H]2C[C@@H]3CC[C@@H]2C3)sc2c1CCC2.